The molecule has 0 bridgehead atoms. The van der Waals surface area contributed by atoms with Crippen LogP contribution in [-0.4, -0.2) is 38.6 Å². The second kappa shape index (κ2) is 10.5. The second-order valence-electron chi connectivity index (χ2n) is 5.71. The summed E-state index contributed by atoms with van der Waals surface area (Å²) in [5.74, 6) is 1.28. The average Bonchev–Trinajstić information content (AvgIpc) is 2.57. The molecule has 6 heteroatoms. The van der Waals surface area contributed by atoms with Gasteiger partial charge in [-0.2, -0.15) is 0 Å². The first kappa shape index (κ1) is 19.8. The predicted molar refractivity (Wildman–Crippen MR) is 93.3 cm³/mol. The van der Waals surface area contributed by atoms with Gasteiger partial charge in [-0.15, -0.1) is 0 Å². The van der Waals surface area contributed by atoms with Gasteiger partial charge in [0.15, 0.2) is 11.5 Å². The van der Waals surface area contributed by atoms with E-state index >= 15 is 0 Å². The number of methoxy groups -OCH3 is 1. The van der Waals surface area contributed by atoms with Crippen LogP contribution < -0.4 is 20.1 Å². The largest absolute Gasteiger partial charge is 0.493 e. The van der Waals surface area contributed by atoms with Gasteiger partial charge in [0.1, 0.15) is 0 Å². The van der Waals surface area contributed by atoms with Crippen molar-refractivity contribution in [2.45, 2.75) is 33.6 Å². The van der Waals surface area contributed by atoms with Gasteiger partial charge in [-0.1, -0.05) is 19.9 Å². The van der Waals surface area contributed by atoms with E-state index in [4.69, 9.17) is 9.47 Å². The first-order valence-electron chi connectivity index (χ1n) is 8.32. The molecule has 0 aliphatic rings. The molecule has 1 rings (SSSR count). The van der Waals surface area contributed by atoms with Crippen molar-refractivity contribution in [3.8, 4) is 11.5 Å². The lowest BCUT2D eigenvalue weighted by atomic mass is 10.1. The van der Waals surface area contributed by atoms with E-state index in [0.717, 1.165) is 5.56 Å². The van der Waals surface area contributed by atoms with Gasteiger partial charge in [0.05, 0.1) is 13.7 Å². The van der Waals surface area contributed by atoms with Gasteiger partial charge in [0.25, 0.3) is 0 Å². The molecule has 0 saturated heterocycles. The Morgan fingerprint density at radius 3 is 2.46 bits per heavy atom. The summed E-state index contributed by atoms with van der Waals surface area (Å²) in [5, 5.41) is 5.56. The van der Waals surface area contributed by atoms with Gasteiger partial charge in [-0.05, 0) is 31.0 Å². The van der Waals surface area contributed by atoms with Crippen LogP contribution in [0.2, 0.25) is 0 Å². The highest BCUT2D eigenvalue weighted by molar-refractivity contribution is 5.78. The molecular formula is C18H28N2O4. The molecule has 0 heterocycles. The van der Waals surface area contributed by atoms with E-state index in [-0.39, 0.29) is 17.7 Å². The number of hydrogen-bond acceptors (Lipinski definition) is 4. The van der Waals surface area contributed by atoms with Crippen LogP contribution in [0.1, 0.15) is 32.8 Å². The number of ether oxygens (including phenoxy) is 2. The van der Waals surface area contributed by atoms with Gasteiger partial charge >= 0.3 is 0 Å². The Morgan fingerprint density at radius 1 is 1.12 bits per heavy atom. The molecule has 0 spiro atoms. The Hall–Kier alpha value is -2.24. The van der Waals surface area contributed by atoms with E-state index in [2.05, 4.69) is 10.6 Å². The van der Waals surface area contributed by atoms with Crippen LogP contribution in [-0.2, 0) is 16.0 Å². The van der Waals surface area contributed by atoms with Crippen molar-refractivity contribution in [2.24, 2.45) is 5.92 Å². The topological polar surface area (TPSA) is 76.7 Å². The third-order valence-electron chi connectivity index (χ3n) is 3.44. The molecule has 0 fully saturated rings. The van der Waals surface area contributed by atoms with Crippen LogP contribution in [0.5, 0.6) is 11.5 Å². The van der Waals surface area contributed by atoms with Gasteiger partial charge in [0, 0.05) is 25.4 Å². The minimum atomic E-state index is -0.0460. The minimum Gasteiger partial charge on any atom is -0.493 e. The fourth-order valence-corrected chi connectivity index (χ4v) is 2.08. The first-order chi connectivity index (χ1) is 11.5. The first-order valence-corrected chi connectivity index (χ1v) is 8.32. The molecule has 0 aromatic heterocycles. The number of carbonyl (C=O) groups excluding carboxylic acids is 2. The summed E-state index contributed by atoms with van der Waals surface area (Å²) < 4.78 is 10.8. The molecular weight excluding hydrogens is 308 g/mol. The maximum atomic E-state index is 11.8. The van der Waals surface area contributed by atoms with Crippen molar-refractivity contribution in [3.05, 3.63) is 23.8 Å². The van der Waals surface area contributed by atoms with Crippen LogP contribution >= 0.6 is 0 Å². The lowest BCUT2D eigenvalue weighted by Crippen LogP contribution is -2.36. The Bertz CT molecular complexity index is 544. The average molecular weight is 336 g/mol. The summed E-state index contributed by atoms with van der Waals surface area (Å²) in [6.45, 7) is 7.04. The standard InChI is InChI=1S/C18H28N2O4/c1-5-24-15-8-6-14(12-16(15)23-4)7-9-17(21)19-10-11-20-18(22)13(2)3/h6,8,12-13H,5,7,9-11H2,1-4H3,(H,19,21)(H,20,22). The zero-order valence-corrected chi connectivity index (χ0v) is 15.0. The number of carbonyl (C=O) groups is 2. The summed E-state index contributed by atoms with van der Waals surface area (Å²) in [6.07, 6.45) is 1.00. The van der Waals surface area contributed by atoms with Crippen molar-refractivity contribution in [2.75, 3.05) is 26.8 Å². The SMILES string of the molecule is CCOc1ccc(CCC(=O)NCCNC(=O)C(C)C)cc1OC. The number of nitrogens with one attached hydrogen (secondary N) is 2. The molecule has 6 nitrogen and oxygen atoms in total. The number of aryl methyl sites for hydroxylation is 1. The van der Waals surface area contributed by atoms with E-state index < -0.39 is 0 Å². The van der Waals surface area contributed by atoms with Crippen molar-refractivity contribution < 1.29 is 19.1 Å². The molecule has 0 aliphatic carbocycles. The monoisotopic (exact) mass is 336 g/mol. The van der Waals surface area contributed by atoms with Crippen LogP contribution in [0.4, 0.5) is 0 Å². The van der Waals surface area contributed by atoms with Crippen molar-refractivity contribution >= 4 is 11.8 Å². The summed E-state index contributed by atoms with van der Waals surface area (Å²) in [6, 6.07) is 5.68. The third-order valence-corrected chi connectivity index (χ3v) is 3.44. The normalized spacial score (nSPS) is 10.4. The lowest BCUT2D eigenvalue weighted by Gasteiger charge is -2.11. The Kier molecular flexibility index (Phi) is 8.68. The Balaban J connectivity index is 2.35. The quantitative estimate of drug-likeness (QED) is 0.640. The van der Waals surface area contributed by atoms with E-state index in [0.29, 0.717) is 44.0 Å². The van der Waals surface area contributed by atoms with Crippen molar-refractivity contribution in [1.82, 2.24) is 10.6 Å². The fraction of sp³-hybridized carbons (Fsp3) is 0.556. The molecule has 1 aromatic carbocycles. The molecule has 2 amide bonds. The van der Waals surface area contributed by atoms with Crippen molar-refractivity contribution in [3.63, 3.8) is 0 Å². The zero-order valence-electron chi connectivity index (χ0n) is 15.0. The van der Waals surface area contributed by atoms with Crippen molar-refractivity contribution in [1.29, 1.82) is 0 Å². The lowest BCUT2D eigenvalue weighted by molar-refractivity contribution is -0.124. The molecule has 2 N–H and O–H groups in total. The van der Waals surface area contributed by atoms with E-state index in [1.165, 1.54) is 0 Å². The van der Waals surface area contributed by atoms with Crippen LogP contribution in [0.3, 0.4) is 0 Å². The second-order valence-corrected chi connectivity index (χ2v) is 5.71. The van der Waals surface area contributed by atoms with E-state index in [1.807, 2.05) is 39.0 Å². The highest BCUT2D eigenvalue weighted by Crippen LogP contribution is 2.28. The minimum absolute atomic E-state index is 0.00858. The maximum Gasteiger partial charge on any atom is 0.222 e. The third kappa shape index (κ3) is 6.89. The molecule has 0 atom stereocenters. The predicted octanol–water partition coefficient (Wildman–Crippen LogP) is 1.91. The van der Waals surface area contributed by atoms with Crippen LogP contribution in [0, 0.1) is 5.92 Å². The van der Waals surface area contributed by atoms with E-state index in [1.54, 1.807) is 7.11 Å². The zero-order chi connectivity index (χ0) is 17.9. The molecule has 24 heavy (non-hydrogen) atoms. The molecule has 134 valence electrons. The van der Waals surface area contributed by atoms with Crippen LogP contribution in [0.15, 0.2) is 18.2 Å². The molecule has 0 saturated carbocycles. The van der Waals surface area contributed by atoms with Crippen LogP contribution in [0.25, 0.3) is 0 Å². The number of amides is 2. The molecule has 0 aliphatic heterocycles. The highest BCUT2D eigenvalue weighted by atomic mass is 16.5. The summed E-state index contributed by atoms with van der Waals surface area (Å²) in [7, 11) is 1.60. The Labute approximate surface area is 143 Å². The Morgan fingerprint density at radius 2 is 1.83 bits per heavy atom. The van der Waals surface area contributed by atoms with Gasteiger partial charge in [0.2, 0.25) is 11.8 Å². The maximum absolute atomic E-state index is 11.8. The summed E-state index contributed by atoms with van der Waals surface area (Å²) >= 11 is 0. The van der Waals surface area contributed by atoms with Gasteiger partial charge in [-0.3, -0.25) is 9.59 Å². The molecule has 0 unspecified atom stereocenters. The molecule has 1 aromatic rings. The highest BCUT2D eigenvalue weighted by Gasteiger charge is 2.08. The van der Waals surface area contributed by atoms with Gasteiger partial charge < -0.3 is 20.1 Å². The smallest absolute Gasteiger partial charge is 0.222 e. The number of hydrogen-bond donors (Lipinski definition) is 2. The molecule has 0 radical (unpaired) electrons. The fourth-order valence-electron chi connectivity index (χ4n) is 2.08. The van der Waals surface area contributed by atoms with E-state index in [9.17, 15) is 9.59 Å². The number of rotatable bonds is 10. The summed E-state index contributed by atoms with van der Waals surface area (Å²) in [5.41, 5.74) is 1.01. The van der Waals surface area contributed by atoms with Gasteiger partial charge in [-0.25, -0.2) is 0 Å². The summed E-state index contributed by atoms with van der Waals surface area (Å²) in [4.78, 5) is 23.2. The number of benzene rings is 1.